The molecule has 7 rings (SSSR count). The Bertz CT molecular complexity index is 2650. The van der Waals surface area contributed by atoms with Crippen LogP contribution in [0.3, 0.4) is 0 Å². The molecule has 5 aromatic rings. The second-order valence-electron chi connectivity index (χ2n) is 16.7. The number of halogens is 4. The van der Waals surface area contributed by atoms with Gasteiger partial charge in [-0.05, 0) is 104 Å². The van der Waals surface area contributed by atoms with Crippen LogP contribution in [0.4, 0.5) is 24.5 Å². The summed E-state index contributed by atoms with van der Waals surface area (Å²) < 4.78 is 98.1. The molecule has 2 heterocycles. The molecule has 352 valence electrons. The number of nitrogens with zero attached hydrogens (tertiary/aromatic N) is 4. The Morgan fingerprint density at radius 2 is 1.39 bits per heavy atom. The van der Waals surface area contributed by atoms with Crippen LogP contribution in [0.5, 0.6) is 0 Å². The summed E-state index contributed by atoms with van der Waals surface area (Å²) in [5.41, 5.74) is -1.88. The van der Waals surface area contributed by atoms with Crippen molar-refractivity contribution in [1.82, 2.24) is 19.4 Å². The van der Waals surface area contributed by atoms with E-state index < -0.39 is 47.1 Å². The van der Waals surface area contributed by atoms with Crippen LogP contribution in [0.15, 0.2) is 136 Å². The second kappa shape index (κ2) is 21.6. The summed E-state index contributed by atoms with van der Waals surface area (Å²) in [5.74, 6) is -0.645. The van der Waals surface area contributed by atoms with Crippen LogP contribution in [-0.4, -0.2) is 120 Å². The number of sulfonamides is 1. The maximum atomic E-state index is 14.2. The third-order valence-corrected chi connectivity index (χ3v) is 16.3. The number of benzene rings is 5. The van der Waals surface area contributed by atoms with Crippen molar-refractivity contribution in [1.29, 1.82) is 0 Å². The van der Waals surface area contributed by atoms with Crippen molar-refractivity contribution >= 4 is 60.5 Å². The van der Waals surface area contributed by atoms with Gasteiger partial charge >= 0.3 is 5.51 Å². The summed E-state index contributed by atoms with van der Waals surface area (Å²) >= 11 is 7.59. The van der Waals surface area contributed by atoms with E-state index in [0.29, 0.717) is 48.9 Å². The second-order valence-corrected chi connectivity index (χ2v) is 21.9. The molecule has 1 atom stereocenters. The molecule has 0 aliphatic carbocycles. The van der Waals surface area contributed by atoms with Gasteiger partial charge in [-0.25, -0.2) is 21.6 Å². The molecule has 66 heavy (non-hydrogen) atoms. The van der Waals surface area contributed by atoms with Crippen LogP contribution in [0.1, 0.15) is 36.2 Å². The van der Waals surface area contributed by atoms with Gasteiger partial charge in [0.25, 0.3) is 25.8 Å². The molecule has 1 amide bonds. The summed E-state index contributed by atoms with van der Waals surface area (Å²) in [5, 5.41) is 3.71. The Kier molecular flexibility index (Phi) is 16.1. The van der Waals surface area contributed by atoms with Gasteiger partial charge in [0.1, 0.15) is 4.90 Å². The molecule has 2 fully saturated rings. The average molecular weight is 984 g/mol. The van der Waals surface area contributed by atoms with Gasteiger partial charge in [-0.15, -0.1) is 11.8 Å². The minimum Gasteiger partial charge on any atom is -0.380 e. The Morgan fingerprint density at radius 1 is 0.758 bits per heavy atom. The number of anilines is 2. The zero-order valence-electron chi connectivity index (χ0n) is 36.8. The summed E-state index contributed by atoms with van der Waals surface area (Å²) in [6, 6.07) is 34.2. The number of piperazine rings is 2. The van der Waals surface area contributed by atoms with E-state index in [0.717, 1.165) is 79.7 Å². The number of sulfone groups is 1. The van der Waals surface area contributed by atoms with Crippen LogP contribution in [0, 0.1) is 0 Å². The molecule has 5 aromatic carbocycles. The molecular weight excluding hydrogens is 929 g/mol. The van der Waals surface area contributed by atoms with Crippen LogP contribution in [0.2, 0.25) is 5.02 Å². The molecule has 0 radical (unpaired) electrons. The van der Waals surface area contributed by atoms with E-state index in [2.05, 4.69) is 50.9 Å². The third kappa shape index (κ3) is 12.5. The van der Waals surface area contributed by atoms with Crippen molar-refractivity contribution in [3.05, 3.63) is 137 Å². The van der Waals surface area contributed by atoms with Crippen molar-refractivity contribution < 1.29 is 34.8 Å². The molecule has 18 heteroatoms. The molecule has 0 aromatic heterocycles. The smallest absolute Gasteiger partial charge is 0.380 e. The summed E-state index contributed by atoms with van der Waals surface area (Å²) in [7, 11) is -10.9. The fourth-order valence-corrected chi connectivity index (χ4v) is 11.3. The maximum absolute atomic E-state index is 14.2. The molecule has 0 bridgehead atoms. The summed E-state index contributed by atoms with van der Waals surface area (Å²) in [6.07, 6.45) is 0.471. The molecule has 2 aliphatic rings. The van der Waals surface area contributed by atoms with Crippen LogP contribution in [0.25, 0.3) is 11.1 Å². The molecule has 2 N–H and O–H groups in total. The normalized spacial score (nSPS) is 16.3. The van der Waals surface area contributed by atoms with Gasteiger partial charge in [0.15, 0.2) is 0 Å². The number of nitrogens with one attached hydrogen (secondary N) is 2. The van der Waals surface area contributed by atoms with E-state index in [1.54, 1.807) is 12.1 Å². The summed E-state index contributed by atoms with van der Waals surface area (Å²) in [4.78, 5) is 21.4. The number of carbonyl (C=O) groups excluding carboxylic acids is 1. The summed E-state index contributed by atoms with van der Waals surface area (Å²) in [6.45, 7) is 12.0. The van der Waals surface area contributed by atoms with E-state index in [4.69, 9.17) is 11.6 Å². The van der Waals surface area contributed by atoms with Crippen LogP contribution >= 0.6 is 23.4 Å². The minimum atomic E-state index is -6.06. The van der Waals surface area contributed by atoms with E-state index in [-0.39, 0.29) is 11.3 Å². The SMILES string of the molecule is CC(C)N1CCN(CC[C@H](CSc2ccccc2)Nc2ccc(S(=O)(=O)NC(=O)c3ccc(N4CCN(Cc5ccccc5-c5ccc(Cl)cc5)CC4)cc3)cc2S(=O)(=O)C(F)(F)F)CC1. The largest absolute Gasteiger partial charge is 0.501 e. The minimum absolute atomic E-state index is 0.00873. The van der Waals surface area contributed by atoms with Crippen LogP contribution in [-0.2, 0) is 26.4 Å². The van der Waals surface area contributed by atoms with Crippen LogP contribution < -0.4 is 14.9 Å². The van der Waals surface area contributed by atoms with Crippen molar-refractivity contribution in [3.63, 3.8) is 0 Å². The lowest BCUT2D eigenvalue weighted by molar-refractivity contribution is -0.0435. The molecule has 2 aliphatic heterocycles. The number of thioether (sulfide) groups is 1. The van der Waals surface area contributed by atoms with Crippen molar-refractivity contribution in [2.45, 2.75) is 59.1 Å². The average Bonchev–Trinajstić information content (AvgIpc) is 3.30. The molecule has 2 saturated heterocycles. The van der Waals surface area contributed by atoms with Gasteiger partial charge in [-0.3, -0.25) is 14.6 Å². The molecule has 11 nitrogen and oxygen atoms in total. The quantitative estimate of drug-likeness (QED) is 0.0871. The Morgan fingerprint density at radius 3 is 2.05 bits per heavy atom. The lowest BCUT2D eigenvalue weighted by atomic mass is 9.99. The predicted octanol–water partition coefficient (Wildman–Crippen LogP) is 8.73. The van der Waals surface area contributed by atoms with E-state index in [9.17, 15) is 34.8 Å². The highest BCUT2D eigenvalue weighted by molar-refractivity contribution is 7.99. The van der Waals surface area contributed by atoms with E-state index in [1.165, 1.54) is 29.5 Å². The predicted molar refractivity (Wildman–Crippen MR) is 257 cm³/mol. The van der Waals surface area contributed by atoms with Gasteiger partial charge in [0.2, 0.25) is 0 Å². The first kappa shape index (κ1) is 49.3. The number of hydrogen-bond donors (Lipinski definition) is 2. The first-order valence-corrected chi connectivity index (χ1v) is 26.1. The highest BCUT2D eigenvalue weighted by atomic mass is 35.5. The van der Waals surface area contributed by atoms with Crippen molar-refractivity contribution in [2.75, 3.05) is 74.9 Å². The van der Waals surface area contributed by atoms with Gasteiger partial charge in [-0.1, -0.05) is 66.2 Å². The fourth-order valence-electron chi connectivity index (χ4n) is 8.15. The maximum Gasteiger partial charge on any atom is 0.501 e. The topological polar surface area (TPSA) is 122 Å². The highest BCUT2D eigenvalue weighted by Crippen LogP contribution is 2.37. The molecule has 0 saturated carbocycles. The van der Waals surface area contributed by atoms with Gasteiger partial charge in [-0.2, -0.15) is 13.2 Å². The van der Waals surface area contributed by atoms with Gasteiger partial charge in [0, 0.05) is 104 Å². The first-order valence-electron chi connectivity index (χ1n) is 21.8. The molecule has 0 unspecified atom stereocenters. The Balaban J connectivity index is 1.01. The van der Waals surface area contributed by atoms with E-state index in [1.807, 2.05) is 71.5 Å². The fraction of sp³-hybridized carbons (Fsp3) is 0.354. The number of carbonyl (C=O) groups is 1. The third-order valence-electron chi connectivity index (χ3n) is 12.0. The number of rotatable bonds is 17. The monoisotopic (exact) mass is 982 g/mol. The zero-order chi connectivity index (χ0) is 47.1. The highest BCUT2D eigenvalue weighted by Gasteiger charge is 2.48. The number of alkyl halides is 3. The van der Waals surface area contributed by atoms with E-state index >= 15 is 0 Å². The number of hydrogen-bond acceptors (Lipinski definition) is 11. The number of amides is 1. The van der Waals surface area contributed by atoms with Gasteiger partial charge in [0.05, 0.1) is 10.6 Å². The standard InChI is InChI=1S/C48H54ClF3N6O5S3/c1-35(2)57-28-24-55(25-29-57)23-22-40(34-64-42-9-4-3-5-10-42)53-45-21-20-43(32-46(45)65(60,61)48(50,51)52)66(62,63)54-47(59)37-14-18-41(19-15-37)58-30-26-56(27-31-58)33-38-8-6-7-11-44(38)36-12-16-39(49)17-13-36/h3-21,32,35,40,53H,22-31,33-34H2,1-2H3,(H,54,59)/t40-/m1/s1. The van der Waals surface area contributed by atoms with Crippen molar-refractivity contribution in [2.24, 2.45) is 0 Å². The Labute approximate surface area is 395 Å². The van der Waals surface area contributed by atoms with Gasteiger partial charge < -0.3 is 15.1 Å². The molecular formula is C48H54ClF3N6O5S3. The Hall–Kier alpha value is -4.62. The first-order chi connectivity index (χ1) is 31.5. The van der Waals surface area contributed by atoms with Crippen molar-refractivity contribution in [3.8, 4) is 11.1 Å². The lowest BCUT2D eigenvalue weighted by Gasteiger charge is -2.37. The molecule has 0 spiro atoms. The zero-order valence-corrected chi connectivity index (χ0v) is 40.0. The lowest BCUT2D eigenvalue weighted by Crippen LogP contribution is -2.49.